The fourth-order valence-corrected chi connectivity index (χ4v) is 1.39. The average molecular weight is 252 g/mol. The smallest absolute Gasteiger partial charge is 0.255 e. The molecule has 5 nitrogen and oxygen atoms in total. The molecule has 0 heterocycles. The first-order chi connectivity index (χ1) is 8.37. The molecular formula is C13H20N2O3. The van der Waals surface area contributed by atoms with E-state index in [9.17, 15) is 4.79 Å². The lowest BCUT2D eigenvalue weighted by atomic mass is 10.1. The zero-order chi connectivity index (χ0) is 13.8. The molecule has 0 fully saturated rings. The van der Waals surface area contributed by atoms with Gasteiger partial charge in [-0.15, -0.1) is 0 Å². The van der Waals surface area contributed by atoms with Crippen molar-refractivity contribution in [3.05, 3.63) is 23.8 Å². The lowest BCUT2D eigenvalue weighted by Crippen LogP contribution is -2.45. The average Bonchev–Trinajstić information content (AvgIpc) is 2.34. The highest BCUT2D eigenvalue weighted by Gasteiger charge is 2.16. The number of methoxy groups -OCH3 is 2. The summed E-state index contributed by atoms with van der Waals surface area (Å²) in [7, 11) is 3.07. The van der Waals surface area contributed by atoms with Gasteiger partial charge in [0, 0.05) is 18.2 Å². The van der Waals surface area contributed by atoms with E-state index in [0.717, 1.165) is 0 Å². The van der Waals surface area contributed by atoms with E-state index in [-0.39, 0.29) is 5.91 Å². The molecule has 1 aromatic carbocycles. The topological polar surface area (TPSA) is 73.6 Å². The molecule has 0 saturated carbocycles. The maximum atomic E-state index is 12.0. The molecule has 0 radical (unpaired) electrons. The van der Waals surface area contributed by atoms with Crippen molar-refractivity contribution in [3.8, 4) is 11.5 Å². The fourth-order valence-electron chi connectivity index (χ4n) is 1.39. The fraction of sp³-hybridized carbons (Fsp3) is 0.462. The summed E-state index contributed by atoms with van der Waals surface area (Å²) < 4.78 is 10.2. The Bertz CT molecular complexity index is 425. The summed E-state index contributed by atoms with van der Waals surface area (Å²) in [4.78, 5) is 12.0. The lowest BCUT2D eigenvalue weighted by Gasteiger charge is -2.19. The summed E-state index contributed by atoms with van der Waals surface area (Å²) in [6.07, 6.45) is 0. The molecular weight excluding hydrogens is 232 g/mol. The highest BCUT2D eigenvalue weighted by molar-refractivity contribution is 5.97. The second-order valence-electron chi connectivity index (χ2n) is 4.74. The largest absolute Gasteiger partial charge is 0.497 e. The maximum absolute atomic E-state index is 12.0. The van der Waals surface area contributed by atoms with Crippen LogP contribution in [0.4, 0.5) is 0 Å². The molecule has 3 N–H and O–H groups in total. The molecule has 0 aliphatic rings. The van der Waals surface area contributed by atoms with Crippen LogP contribution in [0.25, 0.3) is 0 Å². The number of nitrogens with two attached hydrogens (primary N) is 1. The van der Waals surface area contributed by atoms with Crippen molar-refractivity contribution < 1.29 is 14.3 Å². The standard InChI is InChI=1S/C13H20N2O3/c1-13(2,14)8-15-12(16)10-6-5-9(17-3)7-11(10)18-4/h5-7H,8,14H2,1-4H3,(H,15,16). The van der Waals surface area contributed by atoms with Crippen LogP contribution in [0.1, 0.15) is 24.2 Å². The highest BCUT2D eigenvalue weighted by Crippen LogP contribution is 2.24. The van der Waals surface area contributed by atoms with Gasteiger partial charge in [-0.1, -0.05) is 0 Å². The van der Waals surface area contributed by atoms with Crippen molar-refractivity contribution in [3.63, 3.8) is 0 Å². The minimum Gasteiger partial charge on any atom is -0.497 e. The van der Waals surface area contributed by atoms with E-state index >= 15 is 0 Å². The Hall–Kier alpha value is -1.75. The monoisotopic (exact) mass is 252 g/mol. The number of benzene rings is 1. The predicted octanol–water partition coefficient (Wildman–Crippen LogP) is 1.17. The minimum absolute atomic E-state index is 0.215. The van der Waals surface area contributed by atoms with E-state index in [0.29, 0.717) is 23.6 Å². The van der Waals surface area contributed by atoms with Crippen LogP contribution >= 0.6 is 0 Å². The number of rotatable bonds is 5. The Balaban J connectivity index is 2.85. The Labute approximate surface area is 107 Å². The zero-order valence-corrected chi connectivity index (χ0v) is 11.2. The number of carbonyl (C=O) groups excluding carboxylic acids is 1. The van der Waals surface area contributed by atoms with Crippen LogP contribution in [0.15, 0.2) is 18.2 Å². The van der Waals surface area contributed by atoms with Gasteiger partial charge in [0.15, 0.2) is 0 Å². The third kappa shape index (κ3) is 3.92. The van der Waals surface area contributed by atoms with Gasteiger partial charge in [-0.05, 0) is 26.0 Å². The van der Waals surface area contributed by atoms with Gasteiger partial charge in [-0.25, -0.2) is 0 Å². The molecule has 0 bridgehead atoms. The summed E-state index contributed by atoms with van der Waals surface area (Å²) in [6.45, 7) is 4.08. The van der Waals surface area contributed by atoms with E-state index in [1.807, 2.05) is 13.8 Å². The van der Waals surface area contributed by atoms with Gasteiger partial charge >= 0.3 is 0 Å². The summed E-state index contributed by atoms with van der Waals surface area (Å²) >= 11 is 0. The number of ether oxygens (including phenoxy) is 2. The van der Waals surface area contributed by atoms with Crippen LogP contribution in [-0.4, -0.2) is 32.2 Å². The molecule has 1 amide bonds. The summed E-state index contributed by atoms with van der Waals surface area (Å²) in [5, 5.41) is 2.77. The molecule has 0 unspecified atom stereocenters. The van der Waals surface area contributed by atoms with Crippen LogP contribution in [0.5, 0.6) is 11.5 Å². The third-order valence-electron chi connectivity index (χ3n) is 2.36. The number of hydrogen-bond acceptors (Lipinski definition) is 4. The van der Waals surface area contributed by atoms with Crippen molar-refractivity contribution in [1.29, 1.82) is 0 Å². The van der Waals surface area contributed by atoms with Crippen molar-refractivity contribution in [2.75, 3.05) is 20.8 Å². The SMILES string of the molecule is COc1ccc(C(=O)NCC(C)(C)N)c(OC)c1. The van der Waals surface area contributed by atoms with E-state index in [4.69, 9.17) is 15.2 Å². The molecule has 0 aliphatic carbocycles. The van der Waals surface area contributed by atoms with Gasteiger partial charge < -0.3 is 20.5 Å². The summed E-state index contributed by atoms with van der Waals surface area (Å²) in [6, 6.07) is 5.05. The van der Waals surface area contributed by atoms with Gasteiger partial charge in [0.1, 0.15) is 11.5 Å². The molecule has 1 aromatic rings. The molecule has 0 saturated heterocycles. The maximum Gasteiger partial charge on any atom is 0.255 e. The van der Waals surface area contributed by atoms with E-state index in [1.165, 1.54) is 7.11 Å². The predicted molar refractivity (Wildman–Crippen MR) is 70.1 cm³/mol. The van der Waals surface area contributed by atoms with Crippen molar-refractivity contribution in [1.82, 2.24) is 5.32 Å². The van der Waals surface area contributed by atoms with Gasteiger partial charge in [0.05, 0.1) is 19.8 Å². The Kier molecular flexibility index (Phi) is 4.55. The number of amides is 1. The van der Waals surface area contributed by atoms with E-state index in [2.05, 4.69) is 5.32 Å². The number of carbonyl (C=O) groups is 1. The molecule has 0 aliphatic heterocycles. The minimum atomic E-state index is -0.449. The van der Waals surface area contributed by atoms with E-state index < -0.39 is 5.54 Å². The van der Waals surface area contributed by atoms with Gasteiger partial charge in [0.25, 0.3) is 5.91 Å². The quantitative estimate of drug-likeness (QED) is 0.825. The molecule has 100 valence electrons. The first kappa shape index (κ1) is 14.3. The molecule has 5 heteroatoms. The Morgan fingerprint density at radius 3 is 2.50 bits per heavy atom. The van der Waals surface area contributed by atoms with Crippen LogP contribution in [0.2, 0.25) is 0 Å². The van der Waals surface area contributed by atoms with Crippen LogP contribution in [0.3, 0.4) is 0 Å². The molecule has 18 heavy (non-hydrogen) atoms. The Morgan fingerprint density at radius 1 is 1.33 bits per heavy atom. The van der Waals surface area contributed by atoms with Gasteiger partial charge in [-0.3, -0.25) is 4.79 Å². The highest BCUT2D eigenvalue weighted by atomic mass is 16.5. The first-order valence-electron chi connectivity index (χ1n) is 5.66. The summed E-state index contributed by atoms with van der Waals surface area (Å²) in [5.41, 5.74) is 5.82. The van der Waals surface area contributed by atoms with Crippen molar-refractivity contribution in [2.24, 2.45) is 5.73 Å². The number of hydrogen-bond donors (Lipinski definition) is 2. The van der Waals surface area contributed by atoms with Gasteiger partial charge in [-0.2, -0.15) is 0 Å². The molecule has 0 spiro atoms. The van der Waals surface area contributed by atoms with Crippen LogP contribution < -0.4 is 20.5 Å². The van der Waals surface area contributed by atoms with E-state index in [1.54, 1.807) is 25.3 Å². The van der Waals surface area contributed by atoms with Crippen LogP contribution in [0, 0.1) is 0 Å². The van der Waals surface area contributed by atoms with Crippen molar-refractivity contribution in [2.45, 2.75) is 19.4 Å². The molecule has 0 atom stereocenters. The van der Waals surface area contributed by atoms with Crippen molar-refractivity contribution >= 4 is 5.91 Å². The summed E-state index contributed by atoms with van der Waals surface area (Å²) in [5.74, 6) is 0.900. The molecule has 1 rings (SSSR count). The second kappa shape index (κ2) is 5.73. The zero-order valence-electron chi connectivity index (χ0n) is 11.2. The Morgan fingerprint density at radius 2 is 2.00 bits per heavy atom. The molecule has 0 aromatic heterocycles. The normalized spacial score (nSPS) is 10.9. The second-order valence-corrected chi connectivity index (χ2v) is 4.74. The van der Waals surface area contributed by atoms with Gasteiger partial charge in [0.2, 0.25) is 0 Å². The lowest BCUT2D eigenvalue weighted by molar-refractivity contribution is 0.0943. The number of nitrogens with one attached hydrogen (secondary N) is 1. The first-order valence-corrected chi connectivity index (χ1v) is 5.66. The van der Waals surface area contributed by atoms with Crippen LogP contribution in [-0.2, 0) is 0 Å². The third-order valence-corrected chi connectivity index (χ3v) is 2.36.